The Morgan fingerprint density at radius 2 is 1.88 bits per heavy atom. The van der Waals surface area contributed by atoms with Crippen LogP contribution >= 0.6 is 0 Å². The highest BCUT2D eigenvalue weighted by molar-refractivity contribution is 5.45. The molecular formula is C12H15F2N3. The quantitative estimate of drug-likeness (QED) is 0.812. The molecule has 1 aromatic heterocycles. The summed E-state index contributed by atoms with van der Waals surface area (Å²) in [6.07, 6.45) is 4.87. The molecule has 2 atom stereocenters. The van der Waals surface area contributed by atoms with E-state index in [4.69, 9.17) is 5.73 Å². The van der Waals surface area contributed by atoms with Gasteiger partial charge < -0.3 is 10.6 Å². The van der Waals surface area contributed by atoms with E-state index in [0.29, 0.717) is 0 Å². The lowest BCUT2D eigenvalue weighted by Crippen LogP contribution is -2.48. The van der Waals surface area contributed by atoms with E-state index in [0.717, 1.165) is 37.9 Å². The van der Waals surface area contributed by atoms with E-state index in [1.54, 1.807) is 0 Å². The molecule has 0 saturated carbocycles. The van der Waals surface area contributed by atoms with E-state index in [1.807, 2.05) is 4.90 Å². The first-order chi connectivity index (χ1) is 8.15. The van der Waals surface area contributed by atoms with Crippen LogP contribution in [0.2, 0.25) is 0 Å². The molecule has 0 aliphatic carbocycles. The molecule has 0 spiro atoms. The Morgan fingerprint density at radius 1 is 1.24 bits per heavy atom. The monoisotopic (exact) mass is 239 g/mol. The van der Waals surface area contributed by atoms with Gasteiger partial charge in [-0.05, 0) is 25.7 Å². The van der Waals surface area contributed by atoms with Crippen molar-refractivity contribution < 1.29 is 8.78 Å². The van der Waals surface area contributed by atoms with E-state index in [9.17, 15) is 8.78 Å². The lowest BCUT2D eigenvalue weighted by Gasteiger charge is -2.38. The van der Waals surface area contributed by atoms with Gasteiger partial charge in [0.1, 0.15) is 5.82 Å². The fraction of sp³-hybridized carbons (Fsp3) is 0.583. The number of halogens is 2. The average Bonchev–Trinajstić information content (AvgIpc) is 2.53. The van der Waals surface area contributed by atoms with Gasteiger partial charge in [0.25, 0.3) is 0 Å². The van der Waals surface area contributed by atoms with Crippen molar-refractivity contribution in [2.45, 2.75) is 43.8 Å². The highest BCUT2D eigenvalue weighted by Gasteiger charge is 2.41. The van der Waals surface area contributed by atoms with E-state index in [2.05, 4.69) is 4.98 Å². The summed E-state index contributed by atoms with van der Waals surface area (Å²) in [5, 5.41) is 0. The van der Waals surface area contributed by atoms with Crippen LogP contribution < -0.4 is 10.6 Å². The second-order valence-electron chi connectivity index (χ2n) is 4.98. The largest absolute Gasteiger partial charge is 0.348 e. The normalized spacial score (nSPS) is 31.9. The maximum atomic E-state index is 13.7. The molecule has 3 heterocycles. The third-order valence-corrected chi connectivity index (χ3v) is 3.80. The van der Waals surface area contributed by atoms with Gasteiger partial charge in [0.15, 0.2) is 11.6 Å². The molecule has 2 aliphatic heterocycles. The summed E-state index contributed by atoms with van der Waals surface area (Å²) < 4.78 is 26.6. The van der Waals surface area contributed by atoms with Crippen molar-refractivity contribution in [3.05, 3.63) is 23.9 Å². The van der Waals surface area contributed by atoms with Crippen LogP contribution in [0.25, 0.3) is 0 Å². The number of fused-ring (bicyclic) bond motifs is 2. The Labute approximate surface area is 98.6 Å². The average molecular weight is 239 g/mol. The number of nitrogens with two attached hydrogens (primary N) is 1. The number of hydrogen-bond acceptors (Lipinski definition) is 3. The highest BCUT2D eigenvalue weighted by atomic mass is 19.1. The molecule has 2 fully saturated rings. The van der Waals surface area contributed by atoms with Crippen LogP contribution in [0.15, 0.2) is 12.3 Å². The zero-order valence-corrected chi connectivity index (χ0v) is 9.44. The van der Waals surface area contributed by atoms with Gasteiger partial charge in [-0.2, -0.15) is 0 Å². The number of aromatic nitrogens is 1. The first kappa shape index (κ1) is 10.9. The van der Waals surface area contributed by atoms with E-state index in [1.165, 1.54) is 0 Å². The first-order valence-corrected chi connectivity index (χ1v) is 6.00. The second kappa shape index (κ2) is 3.91. The molecule has 2 aliphatic rings. The molecule has 0 amide bonds. The molecule has 2 saturated heterocycles. The Bertz CT molecular complexity index is 424. The number of rotatable bonds is 1. The fourth-order valence-corrected chi connectivity index (χ4v) is 3.16. The Morgan fingerprint density at radius 3 is 2.47 bits per heavy atom. The molecule has 5 heteroatoms. The van der Waals surface area contributed by atoms with Gasteiger partial charge in [0.2, 0.25) is 0 Å². The maximum Gasteiger partial charge on any atom is 0.168 e. The SMILES string of the molecule is NC1CC2CCC(C1)N2c1ncc(F)cc1F. The standard InChI is InChI=1S/C12H15F2N3/c13-7-3-11(14)12(16-6-7)17-9-1-2-10(17)5-8(15)4-9/h3,6,8-10H,1-2,4-5,15H2. The summed E-state index contributed by atoms with van der Waals surface area (Å²) in [5.74, 6) is -0.921. The summed E-state index contributed by atoms with van der Waals surface area (Å²) in [5.41, 5.74) is 5.96. The van der Waals surface area contributed by atoms with Gasteiger partial charge in [-0.3, -0.25) is 0 Å². The number of anilines is 1. The van der Waals surface area contributed by atoms with Crippen LogP contribution in [0.1, 0.15) is 25.7 Å². The molecule has 2 N–H and O–H groups in total. The van der Waals surface area contributed by atoms with Gasteiger partial charge in [0.05, 0.1) is 6.20 Å². The van der Waals surface area contributed by atoms with Crippen molar-refractivity contribution in [1.29, 1.82) is 0 Å². The number of pyridine rings is 1. The minimum absolute atomic E-state index is 0.201. The smallest absolute Gasteiger partial charge is 0.168 e. The second-order valence-corrected chi connectivity index (χ2v) is 4.98. The van der Waals surface area contributed by atoms with Crippen molar-refractivity contribution in [1.82, 2.24) is 4.98 Å². The van der Waals surface area contributed by atoms with Crippen LogP contribution in [0.4, 0.5) is 14.6 Å². The molecule has 1 aromatic rings. The Kier molecular flexibility index (Phi) is 2.50. The van der Waals surface area contributed by atoms with Crippen LogP contribution in [-0.2, 0) is 0 Å². The lowest BCUT2D eigenvalue weighted by molar-refractivity contribution is 0.405. The molecule has 0 radical (unpaired) electrons. The molecule has 17 heavy (non-hydrogen) atoms. The maximum absolute atomic E-state index is 13.7. The molecule has 0 aromatic carbocycles. The zero-order chi connectivity index (χ0) is 12.0. The van der Waals surface area contributed by atoms with Gasteiger partial charge in [0, 0.05) is 24.2 Å². The van der Waals surface area contributed by atoms with Gasteiger partial charge in [-0.25, -0.2) is 13.8 Å². The Hall–Kier alpha value is -1.23. The van der Waals surface area contributed by atoms with Crippen LogP contribution in [-0.4, -0.2) is 23.1 Å². The van der Waals surface area contributed by atoms with Crippen molar-refractivity contribution >= 4 is 5.82 Å². The summed E-state index contributed by atoms with van der Waals surface area (Å²) in [4.78, 5) is 5.90. The van der Waals surface area contributed by atoms with Gasteiger partial charge in [-0.15, -0.1) is 0 Å². The first-order valence-electron chi connectivity index (χ1n) is 6.00. The topological polar surface area (TPSA) is 42.1 Å². The van der Waals surface area contributed by atoms with Crippen molar-refractivity contribution in [2.24, 2.45) is 5.73 Å². The Balaban J connectivity index is 1.94. The predicted molar refractivity (Wildman–Crippen MR) is 60.7 cm³/mol. The number of hydrogen-bond donors (Lipinski definition) is 1. The van der Waals surface area contributed by atoms with E-state index in [-0.39, 0.29) is 23.9 Å². The molecule has 3 nitrogen and oxygen atoms in total. The van der Waals surface area contributed by atoms with Crippen LogP contribution in [0.5, 0.6) is 0 Å². The summed E-state index contributed by atoms with van der Waals surface area (Å²) >= 11 is 0. The fourth-order valence-electron chi connectivity index (χ4n) is 3.16. The lowest BCUT2D eigenvalue weighted by atomic mass is 9.98. The van der Waals surface area contributed by atoms with Crippen molar-refractivity contribution in [3.63, 3.8) is 0 Å². The molecular weight excluding hydrogens is 224 g/mol. The minimum atomic E-state index is -0.632. The van der Waals surface area contributed by atoms with Crippen molar-refractivity contribution in [2.75, 3.05) is 4.90 Å². The highest BCUT2D eigenvalue weighted by Crippen LogP contribution is 2.38. The number of nitrogens with zero attached hydrogens (tertiary/aromatic N) is 2. The number of piperidine rings is 1. The summed E-state index contributed by atoms with van der Waals surface area (Å²) in [7, 11) is 0. The molecule has 92 valence electrons. The summed E-state index contributed by atoms with van der Waals surface area (Å²) in [6, 6.07) is 1.62. The molecule has 3 rings (SSSR count). The van der Waals surface area contributed by atoms with Gasteiger partial charge in [-0.1, -0.05) is 0 Å². The zero-order valence-electron chi connectivity index (χ0n) is 9.44. The van der Waals surface area contributed by atoms with E-state index < -0.39 is 11.6 Å². The third-order valence-electron chi connectivity index (χ3n) is 3.80. The summed E-state index contributed by atoms with van der Waals surface area (Å²) in [6.45, 7) is 0. The van der Waals surface area contributed by atoms with Crippen LogP contribution in [0.3, 0.4) is 0 Å². The molecule has 2 bridgehead atoms. The van der Waals surface area contributed by atoms with Crippen LogP contribution in [0, 0.1) is 11.6 Å². The minimum Gasteiger partial charge on any atom is -0.348 e. The molecule has 2 unspecified atom stereocenters. The predicted octanol–water partition coefficient (Wildman–Crippen LogP) is 1.82. The van der Waals surface area contributed by atoms with Gasteiger partial charge >= 0.3 is 0 Å². The van der Waals surface area contributed by atoms with E-state index >= 15 is 0 Å². The van der Waals surface area contributed by atoms with Crippen molar-refractivity contribution in [3.8, 4) is 0 Å². The third kappa shape index (κ3) is 1.78.